The first kappa shape index (κ1) is 17.9. The first-order valence-electron chi connectivity index (χ1n) is 7.89. The number of amides is 1. The summed E-state index contributed by atoms with van der Waals surface area (Å²) in [6.07, 6.45) is 2.04. The molecule has 23 heavy (non-hydrogen) atoms. The van der Waals surface area contributed by atoms with Gasteiger partial charge < -0.3 is 10.2 Å². The van der Waals surface area contributed by atoms with E-state index in [0.29, 0.717) is 19.6 Å². The van der Waals surface area contributed by atoms with E-state index in [2.05, 4.69) is 29.1 Å². The lowest BCUT2D eigenvalue weighted by molar-refractivity contribution is -0.136. The minimum absolute atomic E-state index is 0.0778. The summed E-state index contributed by atoms with van der Waals surface area (Å²) in [6.45, 7) is 5.63. The molecule has 0 bridgehead atoms. The number of carbonyl (C=O) groups is 1. The van der Waals surface area contributed by atoms with E-state index in [9.17, 15) is 13.2 Å². The van der Waals surface area contributed by atoms with Crippen LogP contribution in [0.1, 0.15) is 31.0 Å². The first-order chi connectivity index (χ1) is 10.8. The lowest BCUT2D eigenvalue weighted by atomic mass is 10.0. The highest BCUT2D eigenvalue weighted by Gasteiger charge is 2.31. The standard InChI is InChI=1S/C16H25N3O3S/c1-4-13-5-7-14(8-6-13)15-11-17-9-10-19(15)16(20)12(2)18-23(3,21)22/h5-8,12,15,17-18H,4,9-11H2,1-3H3. The predicted octanol–water partition coefficient (Wildman–Crippen LogP) is 0.660. The fourth-order valence-corrected chi connectivity index (χ4v) is 3.60. The molecule has 1 heterocycles. The van der Waals surface area contributed by atoms with Crippen LogP contribution in [0.5, 0.6) is 0 Å². The monoisotopic (exact) mass is 339 g/mol. The number of rotatable bonds is 5. The molecule has 2 unspecified atom stereocenters. The van der Waals surface area contributed by atoms with Gasteiger partial charge in [0.2, 0.25) is 15.9 Å². The zero-order chi connectivity index (χ0) is 17.0. The van der Waals surface area contributed by atoms with Gasteiger partial charge in [-0.2, -0.15) is 0 Å². The average molecular weight is 339 g/mol. The van der Waals surface area contributed by atoms with Crippen molar-refractivity contribution in [3.8, 4) is 0 Å². The van der Waals surface area contributed by atoms with Crippen LogP contribution in [0.4, 0.5) is 0 Å². The lowest BCUT2D eigenvalue weighted by Crippen LogP contribution is -2.54. The van der Waals surface area contributed by atoms with Crippen LogP contribution in [0.2, 0.25) is 0 Å². The molecule has 1 saturated heterocycles. The SMILES string of the molecule is CCc1ccc(C2CNCCN2C(=O)C(C)NS(C)(=O)=O)cc1. The van der Waals surface area contributed by atoms with Crippen LogP contribution in [-0.4, -0.2) is 51.2 Å². The Balaban J connectivity index is 2.18. The average Bonchev–Trinajstić information content (AvgIpc) is 2.52. The molecule has 1 fully saturated rings. The van der Waals surface area contributed by atoms with Gasteiger partial charge in [-0.1, -0.05) is 31.2 Å². The van der Waals surface area contributed by atoms with E-state index < -0.39 is 16.1 Å². The molecule has 1 aromatic carbocycles. The second-order valence-electron chi connectivity index (χ2n) is 5.96. The normalized spacial score (nSPS) is 20.3. The molecule has 0 radical (unpaired) electrons. The molecular formula is C16H25N3O3S. The van der Waals surface area contributed by atoms with Crippen molar-refractivity contribution < 1.29 is 13.2 Å². The smallest absolute Gasteiger partial charge is 0.241 e. The van der Waals surface area contributed by atoms with Crippen LogP contribution in [0.25, 0.3) is 0 Å². The van der Waals surface area contributed by atoms with Crippen LogP contribution in [0, 0.1) is 0 Å². The number of nitrogens with one attached hydrogen (secondary N) is 2. The molecule has 1 aromatic rings. The third kappa shape index (κ3) is 4.76. The van der Waals surface area contributed by atoms with Gasteiger partial charge >= 0.3 is 0 Å². The Morgan fingerprint density at radius 3 is 2.61 bits per heavy atom. The maximum atomic E-state index is 12.7. The van der Waals surface area contributed by atoms with Crippen LogP contribution in [0.3, 0.4) is 0 Å². The zero-order valence-corrected chi connectivity index (χ0v) is 14.7. The number of hydrogen-bond donors (Lipinski definition) is 2. The van der Waals surface area contributed by atoms with Crippen molar-refractivity contribution in [2.45, 2.75) is 32.4 Å². The topological polar surface area (TPSA) is 78.5 Å². The van der Waals surface area contributed by atoms with Crippen LogP contribution in [0.15, 0.2) is 24.3 Å². The predicted molar refractivity (Wildman–Crippen MR) is 90.6 cm³/mol. The second kappa shape index (κ2) is 7.42. The molecular weight excluding hydrogens is 314 g/mol. The van der Waals surface area contributed by atoms with Gasteiger partial charge in [0.05, 0.1) is 18.3 Å². The van der Waals surface area contributed by atoms with Crippen molar-refractivity contribution in [1.82, 2.24) is 14.9 Å². The maximum Gasteiger partial charge on any atom is 0.241 e. The first-order valence-corrected chi connectivity index (χ1v) is 9.78. The summed E-state index contributed by atoms with van der Waals surface area (Å²) in [7, 11) is -3.41. The molecule has 2 rings (SSSR count). The quantitative estimate of drug-likeness (QED) is 0.826. The molecule has 0 spiro atoms. The maximum absolute atomic E-state index is 12.7. The molecule has 6 nitrogen and oxygen atoms in total. The summed E-state index contributed by atoms with van der Waals surface area (Å²) < 4.78 is 25.1. The summed E-state index contributed by atoms with van der Waals surface area (Å²) in [4.78, 5) is 14.4. The van der Waals surface area contributed by atoms with Gasteiger partial charge in [0.15, 0.2) is 0 Å². The van der Waals surface area contributed by atoms with E-state index in [1.165, 1.54) is 5.56 Å². The Kier molecular flexibility index (Phi) is 5.78. The fourth-order valence-electron chi connectivity index (χ4n) is 2.86. The molecule has 2 N–H and O–H groups in total. The Labute approximate surface area is 138 Å². The Morgan fingerprint density at radius 1 is 1.39 bits per heavy atom. The summed E-state index contributed by atoms with van der Waals surface area (Å²) in [6, 6.07) is 7.40. The Bertz CT molecular complexity index is 643. The minimum Gasteiger partial charge on any atom is -0.332 e. The van der Waals surface area contributed by atoms with E-state index >= 15 is 0 Å². The highest BCUT2D eigenvalue weighted by Crippen LogP contribution is 2.23. The van der Waals surface area contributed by atoms with Gasteiger partial charge in [-0.05, 0) is 24.5 Å². The van der Waals surface area contributed by atoms with Gasteiger partial charge in [-0.15, -0.1) is 0 Å². The number of piperazine rings is 1. The second-order valence-corrected chi connectivity index (χ2v) is 7.74. The van der Waals surface area contributed by atoms with Crippen molar-refractivity contribution in [2.75, 3.05) is 25.9 Å². The van der Waals surface area contributed by atoms with Crippen molar-refractivity contribution in [3.05, 3.63) is 35.4 Å². The van der Waals surface area contributed by atoms with Gasteiger partial charge in [0, 0.05) is 19.6 Å². The number of hydrogen-bond acceptors (Lipinski definition) is 4. The fraction of sp³-hybridized carbons (Fsp3) is 0.562. The van der Waals surface area contributed by atoms with Gasteiger partial charge in [0.25, 0.3) is 0 Å². The van der Waals surface area contributed by atoms with E-state index in [4.69, 9.17) is 0 Å². The molecule has 1 amide bonds. The molecule has 1 aliphatic heterocycles. The third-order valence-electron chi connectivity index (χ3n) is 4.06. The van der Waals surface area contributed by atoms with Crippen molar-refractivity contribution in [1.29, 1.82) is 0 Å². The Hall–Kier alpha value is -1.44. The van der Waals surface area contributed by atoms with E-state index in [0.717, 1.165) is 18.2 Å². The molecule has 2 atom stereocenters. The molecule has 128 valence electrons. The number of sulfonamides is 1. The summed E-state index contributed by atoms with van der Waals surface area (Å²) in [5, 5.41) is 3.30. The van der Waals surface area contributed by atoms with Crippen molar-refractivity contribution >= 4 is 15.9 Å². The number of benzene rings is 1. The highest BCUT2D eigenvalue weighted by molar-refractivity contribution is 7.88. The van der Waals surface area contributed by atoms with Crippen LogP contribution >= 0.6 is 0 Å². The summed E-state index contributed by atoms with van der Waals surface area (Å²) in [5.41, 5.74) is 2.32. The molecule has 0 aliphatic carbocycles. The molecule has 0 saturated carbocycles. The van der Waals surface area contributed by atoms with Crippen LogP contribution in [-0.2, 0) is 21.2 Å². The Morgan fingerprint density at radius 2 is 2.04 bits per heavy atom. The zero-order valence-electron chi connectivity index (χ0n) is 13.9. The van der Waals surface area contributed by atoms with Gasteiger partial charge in [-0.3, -0.25) is 4.79 Å². The number of aryl methyl sites for hydroxylation is 1. The molecule has 0 aromatic heterocycles. The number of carbonyl (C=O) groups excluding carboxylic acids is 1. The van der Waals surface area contributed by atoms with Gasteiger partial charge in [0.1, 0.15) is 0 Å². The molecule has 1 aliphatic rings. The summed E-state index contributed by atoms with van der Waals surface area (Å²) in [5.74, 6) is -0.193. The van der Waals surface area contributed by atoms with E-state index in [-0.39, 0.29) is 11.9 Å². The van der Waals surface area contributed by atoms with E-state index in [1.807, 2.05) is 12.1 Å². The minimum atomic E-state index is -3.41. The molecule has 7 heteroatoms. The third-order valence-corrected chi connectivity index (χ3v) is 4.84. The van der Waals surface area contributed by atoms with Gasteiger partial charge in [-0.25, -0.2) is 13.1 Å². The highest BCUT2D eigenvalue weighted by atomic mass is 32.2. The van der Waals surface area contributed by atoms with Crippen molar-refractivity contribution in [2.24, 2.45) is 0 Å². The van der Waals surface area contributed by atoms with Crippen molar-refractivity contribution in [3.63, 3.8) is 0 Å². The van der Waals surface area contributed by atoms with Crippen LogP contribution < -0.4 is 10.0 Å². The lowest BCUT2D eigenvalue weighted by Gasteiger charge is -2.38. The number of nitrogens with zero attached hydrogens (tertiary/aromatic N) is 1. The van der Waals surface area contributed by atoms with E-state index in [1.54, 1.807) is 11.8 Å². The summed E-state index contributed by atoms with van der Waals surface area (Å²) >= 11 is 0. The largest absolute Gasteiger partial charge is 0.332 e.